The van der Waals surface area contributed by atoms with E-state index in [9.17, 15) is 0 Å². The quantitative estimate of drug-likeness (QED) is 0.626. The molecule has 1 aromatic carbocycles. The van der Waals surface area contributed by atoms with Crippen LogP contribution in [0.25, 0.3) is 5.43 Å². The van der Waals surface area contributed by atoms with Crippen LogP contribution in [0.4, 0.5) is 5.69 Å². The maximum absolute atomic E-state index is 4.39. The van der Waals surface area contributed by atoms with Crippen LogP contribution in [-0.2, 0) is 0 Å². The summed E-state index contributed by atoms with van der Waals surface area (Å²) in [6.07, 6.45) is 0. The topological polar surface area (TPSA) is 17.3 Å². The Kier molecular flexibility index (Phi) is 3.11. The average Bonchev–Trinajstić information content (AvgIpc) is 2.06. The minimum Gasteiger partial charge on any atom is -0.620 e. The minimum absolute atomic E-state index is 0.449. The molecule has 0 aliphatic heterocycles. The molecule has 0 radical (unpaired) electrons. The highest BCUT2D eigenvalue weighted by atomic mass is 15.5. The lowest BCUT2D eigenvalue weighted by Gasteiger charge is -2.37. The Balaban J connectivity index is 2.53. The molecule has 0 atom stereocenters. The lowest BCUT2D eigenvalue weighted by Crippen LogP contribution is -2.20. The molecule has 0 aromatic heterocycles. The van der Waals surface area contributed by atoms with E-state index >= 15 is 0 Å². The summed E-state index contributed by atoms with van der Waals surface area (Å²) in [7, 11) is 1.98. The summed E-state index contributed by atoms with van der Waals surface area (Å²) in [4.78, 5) is 0. The van der Waals surface area contributed by atoms with Crippen LogP contribution in [0.2, 0.25) is 0 Å². The molecule has 0 fully saturated rings. The van der Waals surface area contributed by atoms with Gasteiger partial charge in [0.05, 0.1) is 0 Å². The highest BCUT2D eigenvalue weighted by Crippen LogP contribution is 2.19. The molecule has 0 saturated heterocycles. The number of hydrogen-bond acceptors (Lipinski definition) is 1. The number of rotatable bonds is 3. The van der Waals surface area contributed by atoms with E-state index in [0.717, 1.165) is 5.69 Å². The highest BCUT2D eigenvalue weighted by Gasteiger charge is 1.90. The van der Waals surface area contributed by atoms with Gasteiger partial charge in [-0.1, -0.05) is 44.2 Å². The maximum Gasteiger partial charge on any atom is -0.0106 e. The monoisotopic (exact) mass is 163 g/mol. The lowest BCUT2D eigenvalue weighted by atomic mass is 10.3. The summed E-state index contributed by atoms with van der Waals surface area (Å²) >= 11 is 0. The fourth-order valence-electron chi connectivity index (χ4n) is 0.792. The largest absolute Gasteiger partial charge is 0.620 e. The molecule has 12 heavy (non-hydrogen) atoms. The summed E-state index contributed by atoms with van der Waals surface area (Å²) in [5.41, 5.74) is 5.40. The molecular weight excluding hydrogens is 148 g/mol. The number of benzene rings is 1. The first kappa shape index (κ1) is 9.07. The van der Waals surface area contributed by atoms with Gasteiger partial charge in [-0.3, -0.25) is 0 Å². The van der Waals surface area contributed by atoms with Gasteiger partial charge in [-0.05, 0) is 13.1 Å². The van der Waals surface area contributed by atoms with Gasteiger partial charge in [0.25, 0.3) is 0 Å². The zero-order valence-electron chi connectivity index (χ0n) is 7.86. The molecule has 0 aliphatic rings. The predicted octanol–water partition coefficient (Wildman–Crippen LogP) is 2.95. The van der Waals surface area contributed by atoms with Gasteiger partial charge in [-0.25, -0.2) is 0 Å². The van der Waals surface area contributed by atoms with Crippen molar-refractivity contribution >= 4 is 5.69 Å². The van der Waals surface area contributed by atoms with Crippen LogP contribution in [0.5, 0.6) is 0 Å². The summed E-state index contributed by atoms with van der Waals surface area (Å²) in [5.74, 6) is 0. The van der Waals surface area contributed by atoms with Crippen LogP contribution in [-0.4, -0.2) is 18.1 Å². The van der Waals surface area contributed by atoms with Crippen molar-refractivity contribution in [2.24, 2.45) is 0 Å². The van der Waals surface area contributed by atoms with Gasteiger partial charge in [0, 0.05) is 0 Å². The van der Waals surface area contributed by atoms with Gasteiger partial charge in [-0.2, -0.15) is 0 Å². The molecule has 2 nitrogen and oxygen atoms in total. The van der Waals surface area contributed by atoms with Crippen molar-refractivity contribution < 1.29 is 0 Å². The number of hydrogen-bond donors (Lipinski definition) is 0. The van der Waals surface area contributed by atoms with E-state index in [1.807, 2.05) is 42.4 Å². The number of nitrogens with zero attached hydrogens (tertiary/aromatic N) is 2. The molecule has 0 aliphatic carbocycles. The second-order valence-electron chi connectivity index (χ2n) is 3.10. The molecule has 66 valence electrons. The van der Waals surface area contributed by atoms with Gasteiger partial charge >= 0.3 is 0 Å². The van der Waals surface area contributed by atoms with Crippen LogP contribution in [0.3, 0.4) is 0 Å². The molecular formula is C10H15N2-. The third kappa shape index (κ3) is 2.55. The Morgan fingerprint density at radius 2 is 1.75 bits per heavy atom. The second kappa shape index (κ2) is 4.12. The Hall–Kier alpha value is -1.02. The average molecular weight is 163 g/mol. The Labute approximate surface area is 74.2 Å². The van der Waals surface area contributed by atoms with Crippen molar-refractivity contribution in [2.75, 3.05) is 7.05 Å². The van der Waals surface area contributed by atoms with E-state index in [2.05, 4.69) is 19.3 Å². The molecule has 1 rings (SSSR count). The van der Waals surface area contributed by atoms with Crippen LogP contribution < -0.4 is 0 Å². The van der Waals surface area contributed by atoms with Crippen molar-refractivity contribution in [1.29, 1.82) is 0 Å². The van der Waals surface area contributed by atoms with Crippen molar-refractivity contribution in [2.45, 2.75) is 19.9 Å². The summed E-state index contributed by atoms with van der Waals surface area (Å²) < 4.78 is 0. The third-order valence-electron chi connectivity index (χ3n) is 1.78. The lowest BCUT2D eigenvalue weighted by molar-refractivity contribution is 0.358. The Morgan fingerprint density at radius 1 is 1.17 bits per heavy atom. The fourth-order valence-corrected chi connectivity index (χ4v) is 0.792. The normalized spacial score (nSPS) is 10.8. The zero-order valence-corrected chi connectivity index (χ0v) is 7.86. The molecule has 0 saturated carbocycles. The fraction of sp³-hybridized carbons (Fsp3) is 0.400. The second-order valence-corrected chi connectivity index (χ2v) is 3.10. The summed E-state index contributed by atoms with van der Waals surface area (Å²) in [6, 6.07) is 10.4. The minimum atomic E-state index is 0.449. The molecule has 0 N–H and O–H groups in total. The molecule has 1 aromatic rings. The smallest absolute Gasteiger partial charge is 0.0106 e. The summed E-state index contributed by atoms with van der Waals surface area (Å²) in [6.45, 7) is 4.24. The van der Waals surface area contributed by atoms with Gasteiger partial charge in [0.2, 0.25) is 0 Å². The molecule has 0 heterocycles. The van der Waals surface area contributed by atoms with Crippen LogP contribution in [0.15, 0.2) is 30.3 Å². The van der Waals surface area contributed by atoms with Crippen LogP contribution in [0.1, 0.15) is 13.8 Å². The first-order chi connectivity index (χ1) is 5.70. The van der Waals surface area contributed by atoms with E-state index in [1.165, 1.54) is 0 Å². The maximum atomic E-state index is 4.39. The molecule has 0 bridgehead atoms. The first-order valence-corrected chi connectivity index (χ1v) is 4.19. The molecule has 2 heteroatoms. The van der Waals surface area contributed by atoms with Gasteiger partial charge in [-0.15, -0.1) is 5.69 Å². The summed E-state index contributed by atoms with van der Waals surface area (Å²) in [5, 5.41) is 1.95. The van der Waals surface area contributed by atoms with Crippen molar-refractivity contribution in [3.05, 3.63) is 35.8 Å². The van der Waals surface area contributed by atoms with Crippen LogP contribution in [0, 0.1) is 0 Å². The van der Waals surface area contributed by atoms with E-state index in [0.29, 0.717) is 6.04 Å². The van der Waals surface area contributed by atoms with Gasteiger partial charge < -0.3 is 10.4 Å². The van der Waals surface area contributed by atoms with Gasteiger partial charge in [0.1, 0.15) is 0 Å². The van der Waals surface area contributed by atoms with Crippen molar-refractivity contribution in [1.82, 2.24) is 5.01 Å². The van der Waals surface area contributed by atoms with Crippen molar-refractivity contribution in [3.63, 3.8) is 0 Å². The molecule has 0 spiro atoms. The van der Waals surface area contributed by atoms with Crippen LogP contribution >= 0.6 is 0 Å². The van der Waals surface area contributed by atoms with Gasteiger partial charge in [0.15, 0.2) is 0 Å². The van der Waals surface area contributed by atoms with E-state index < -0.39 is 0 Å². The highest BCUT2D eigenvalue weighted by molar-refractivity contribution is 5.46. The zero-order chi connectivity index (χ0) is 8.97. The Bertz CT molecular complexity index is 219. The van der Waals surface area contributed by atoms with E-state index in [-0.39, 0.29) is 0 Å². The van der Waals surface area contributed by atoms with E-state index in [1.54, 1.807) is 0 Å². The SMILES string of the molecule is CC(C)N(C)[N-]c1ccccc1. The third-order valence-corrected chi connectivity index (χ3v) is 1.78. The van der Waals surface area contributed by atoms with E-state index in [4.69, 9.17) is 0 Å². The standard InChI is InChI=1S/C10H15N2/c1-9(2)12(3)11-10-7-5-4-6-8-10/h4-9H,1-3H3/q-1. The first-order valence-electron chi connectivity index (χ1n) is 4.19. The Morgan fingerprint density at radius 3 is 2.25 bits per heavy atom. The van der Waals surface area contributed by atoms with Crippen molar-refractivity contribution in [3.8, 4) is 0 Å². The molecule has 0 unspecified atom stereocenters. The predicted molar refractivity (Wildman–Crippen MR) is 52.4 cm³/mol. The molecule has 0 amide bonds.